The second-order valence-corrected chi connectivity index (χ2v) is 3.99. The maximum absolute atomic E-state index is 5.44. The molecule has 0 aliphatic rings. The third kappa shape index (κ3) is 4.21. The van der Waals surface area contributed by atoms with Crippen LogP contribution < -0.4 is 15.8 Å². The average Bonchev–Trinajstić information content (AvgIpc) is 2.29. The van der Waals surface area contributed by atoms with Gasteiger partial charge >= 0.3 is 0 Å². The molecule has 1 rings (SSSR count). The molecule has 0 aliphatic heterocycles. The molecule has 0 saturated heterocycles. The highest BCUT2D eigenvalue weighted by atomic mass is 16.5. The quantitative estimate of drug-likeness (QED) is 0.692. The van der Waals surface area contributed by atoms with E-state index in [1.807, 2.05) is 6.07 Å². The summed E-state index contributed by atoms with van der Waals surface area (Å²) in [5.41, 5.74) is 7.92. The van der Waals surface area contributed by atoms with Crippen LogP contribution in [0.3, 0.4) is 0 Å². The molecular formula is C13H22N2O. The van der Waals surface area contributed by atoms with E-state index in [0.29, 0.717) is 0 Å². The zero-order valence-electron chi connectivity index (χ0n) is 10.3. The van der Waals surface area contributed by atoms with Crippen molar-refractivity contribution >= 4 is 0 Å². The molecule has 0 bridgehead atoms. The number of benzene rings is 1. The van der Waals surface area contributed by atoms with Gasteiger partial charge in [0.15, 0.2) is 0 Å². The minimum atomic E-state index is 0.773. The zero-order valence-corrected chi connectivity index (χ0v) is 10.3. The Labute approximate surface area is 98.0 Å². The SMILES string of the molecule is COc1ccc(C)cc1CNCCCCN. The van der Waals surface area contributed by atoms with Crippen molar-refractivity contribution in [3.63, 3.8) is 0 Å². The van der Waals surface area contributed by atoms with E-state index in [1.54, 1.807) is 7.11 Å². The lowest BCUT2D eigenvalue weighted by Gasteiger charge is -2.10. The van der Waals surface area contributed by atoms with Gasteiger partial charge in [-0.2, -0.15) is 0 Å². The minimum absolute atomic E-state index is 0.773. The highest BCUT2D eigenvalue weighted by Gasteiger charge is 2.01. The molecule has 0 amide bonds. The first kappa shape index (κ1) is 13.0. The van der Waals surface area contributed by atoms with Gasteiger partial charge in [0.05, 0.1) is 7.11 Å². The monoisotopic (exact) mass is 222 g/mol. The Kier molecular flexibility index (Phi) is 5.90. The van der Waals surface area contributed by atoms with Crippen LogP contribution in [0.5, 0.6) is 5.75 Å². The standard InChI is InChI=1S/C13H22N2O/c1-11-5-6-13(16-2)12(9-11)10-15-8-4-3-7-14/h5-6,9,15H,3-4,7-8,10,14H2,1-2H3. The van der Waals surface area contributed by atoms with Crippen molar-refractivity contribution in [3.05, 3.63) is 29.3 Å². The second kappa shape index (κ2) is 7.25. The summed E-state index contributed by atoms with van der Waals surface area (Å²) in [6.45, 7) is 4.73. The van der Waals surface area contributed by atoms with Gasteiger partial charge < -0.3 is 15.8 Å². The summed E-state index contributed by atoms with van der Waals surface area (Å²) in [7, 11) is 1.71. The number of unbranched alkanes of at least 4 members (excludes halogenated alkanes) is 1. The van der Waals surface area contributed by atoms with Gasteiger partial charge in [-0.3, -0.25) is 0 Å². The Balaban J connectivity index is 2.42. The fraction of sp³-hybridized carbons (Fsp3) is 0.538. The van der Waals surface area contributed by atoms with Crippen LogP contribution >= 0.6 is 0 Å². The number of hydrogen-bond acceptors (Lipinski definition) is 3. The van der Waals surface area contributed by atoms with Crippen LogP contribution in [0, 0.1) is 6.92 Å². The third-order valence-corrected chi connectivity index (χ3v) is 2.56. The number of ether oxygens (including phenoxy) is 1. The Bertz CT molecular complexity index is 313. The molecule has 0 heterocycles. The number of methoxy groups -OCH3 is 1. The predicted molar refractivity (Wildman–Crippen MR) is 67.7 cm³/mol. The van der Waals surface area contributed by atoms with E-state index in [0.717, 1.165) is 38.2 Å². The molecule has 3 N–H and O–H groups in total. The lowest BCUT2D eigenvalue weighted by molar-refractivity contribution is 0.407. The van der Waals surface area contributed by atoms with Gasteiger partial charge in [-0.15, -0.1) is 0 Å². The summed E-state index contributed by atoms with van der Waals surface area (Å²) in [5.74, 6) is 0.955. The molecule has 0 spiro atoms. The largest absolute Gasteiger partial charge is 0.496 e. The zero-order chi connectivity index (χ0) is 11.8. The van der Waals surface area contributed by atoms with Crippen molar-refractivity contribution in [3.8, 4) is 5.75 Å². The fourth-order valence-corrected chi connectivity index (χ4v) is 1.66. The van der Waals surface area contributed by atoms with E-state index in [-0.39, 0.29) is 0 Å². The first-order valence-electron chi connectivity index (χ1n) is 5.82. The topological polar surface area (TPSA) is 47.3 Å². The van der Waals surface area contributed by atoms with Crippen LogP contribution in [0.25, 0.3) is 0 Å². The molecule has 16 heavy (non-hydrogen) atoms. The van der Waals surface area contributed by atoms with Gasteiger partial charge in [0.1, 0.15) is 5.75 Å². The van der Waals surface area contributed by atoms with E-state index >= 15 is 0 Å². The smallest absolute Gasteiger partial charge is 0.123 e. The average molecular weight is 222 g/mol. The van der Waals surface area contributed by atoms with Gasteiger partial charge in [-0.05, 0) is 38.9 Å². The molecule has 3 nitrogen and oxygen atoms in total. The summed E-state index contributed by atoms with van der Waals surface area (Å²) in [6.07, 6.45) is 2.21. The van der Waals surface area contributed by atoms with Gasteiger partial charge in [0, 0.05) is 12.1 Å². The van der Waals surface area contributed by atoms with Crippen molar-refractivity contribution in [2.75, 3.05) is 20.2 Å². The molecule has 1 aromatic rings. The Morgan fingerprint density at radius 2 is 2.12 bits per heavy atom. The van der Waals surface area contributed by atoms with Crippen LogP contribution in [0.15, 0.2) is 18.2 Å². The summed E-state index contributed by atoms with van der Waals surface area (Å²) >= 11 is 0. The highest BCUT2D eigenvalue weighted by molar-refractivity contribution is 5.36. The molecule has 90 valence electrons. The number of nitrogens with one attached hydrogen (secondary N) is 1. The summed E-state index contributed by atoms with van der Waals surface area (Å²) in [6, 6.07) is 6.25. The highest BCUT2D eigenvalue weighted by Crippen LogP contribution is 2.19. The van der Waals surface area contributed by atoms with Crippen LogP contribution in [0.2, 0.25) is 0 Å². The van der Waals surface area contributed by atoms with Crippen molar-refractivity contribution in [1.82, 2.24) is 5.32 Å². The van der Waals surface area contributed by atoms with Gasteiger partial charge in [-0.25, -0.2) is 0 Å². The van der Waals surface area contributed by atoms with Gasteiger partial charge in [0.25, 0.3) is 0 Å². The van der Waals surface area contributed by atoms with Crippen LogP contribution in [-0.4, -0.2) is 20.2 Å². The third-order valence-electron chi connectivity index (χ3n) is 2.56. The van der Waals surface area contributed by atoms with E-state index in [2.05, 4.69) is 24.4 Å². The molecule has 0 unspecified atom stereocenters. The van der Waals surface area contributed by atoms with Gasteiger partial charge in [-0.1, -0.05) is 17.7 Å². The maximum Gasteiger partial charge on any atom is 0.123 e. The minimum Gasteiger partial charge on any atom is -0.496 e. The first-order valence-corrected chi connectivity index (χ1v) is 5.82. The van der Waals surface area contributed by atoms with Crippen LogP contribution in [0.4, 0.5) is 0 Å². The Morgan fingerprint density at radius 3 is 2.81 bits per heavy atom. The first-order chi connectivity index (χ1) is 7.77. The molecule has 3 heteroatoms. The lowest BCUT2D eigenvalue weighted by Crippen LogP contribution is -2.16. The molecule has 0 atom stereocenters. The molecule has 0 fully saturated rings. The summed E-state index contributed by atoms with van der Waals surface area (Å²) in [4.78, 5) is 0. The van der Waals surface area contributed by atoms with E-state index in [9.17, 15) is 0 Å². The molecule has 0 saturated carbocycles. The summed E-state index contributed by atoms with van der Waals surface area (Å²) in [5, 5.41) is 3.40. The molecular weight excluding hydrogens is 200 g/mol. The normalized spacial score (nSPS) is 10.4. The number of aryl methyl sites for hydroxylation is 1. The molecule has 0 aliphatic carbocycles. The summed E-state index contributed by atoms with van der Waals surface area (Å²) < 4.78 is 5.32. The number of nitrogens with two attached hydrogens (primary N) is 1. The fourth-order valence-electron chi connectivity index (χ4n) is 1.66. The predicted octanol–water partition coefficient (Wildman–Crippen LogP) is 1.83. The lowest BCUT2D eigenvalue weighted by atomic mass is 10.1. The molecule has 0 aromatic heterocycles. The van der Waals surface area contributed by atoms with E-state index < -0.39 is 0 Å². The van der Waals surface area contributed by atoms with Crippen LogP contribution in [0.1, 0.15) is 24.0 Å². The van der Waals surface area contributed by atoms with Crippen molar-refractivity contribution in [2.45, 2.75) is 26.3 Å². The van der Waals surface area contributed by atoms with Crippen molar-refractivity contribution < 1.29 is 4.74 Å². The number of rotatable bonds is 7. The van der Waals surface area contributed by atoms with Crippen molar-refractivity contribution in [1.29, 1.82) is 0 Å². The Morgan fingerprint density at radius 1 is 1.31 bits per heavy atom. The maximum atomic E-state index is 5.44. The Hall–Kier alpha value is -1.06. The van der Waals surface area contributed by atoms with Gasteiger partial charge in [0.2, 0.25) is 0 Å². The second-order valence-electron chi connectivity index (χ2n) is 3.99. The molecule has 0 radical (unpaired) electrons. The van der Waals surface area contributed by atoms with Crippen molar-refractivity contribution in [2.24, 2.45) is 5.73 Å². The number of hydrogen-bond donors (Lipinski definition) is 2. The van der Waals surface area contributed by atoms with Crippen LogP contribution in [-0.2, 0) is 6.54 Å². The molecule has 1 aromatic carbocycles. The van der Waals surface area contributed by atoms with E-state index in [1.165, 1.54) is 11.1 Å². The van der Waals surface area contributed by atoms with E-state index in [4.69, 9.17) is 10.5 Å².